The summed E-state index contributed by atoms with van der Waals surface area (Å²) in [7, 11) is 0. The normalized spacial score (nSPS) is 14.2. The van der Waals surface area contributed by atoms with E-state index in [0.717, 1.165) is 23.1 Å². The second-order valence-corrected chi connectivity index (χ2v) is 8.24. The SMILES string of the molecule is C=C1CC(N)=NC1(c1ccccc1)c1ccccc1.CCc1ccc(-c2ccccc2)cc1. The fraction of sp³-hybridized carbons (Fsp3) is 0.129. The van der Waals surface area contributed by atoms with E-state index in [-0.39, 0.29) is 0 Å². The molecule has 4 aromatic carbocycles. The number of rotatable bonds is 4. The molecule has 164 valence electrons. The minimum atomic E-state index is -0.521. The van der Waals surface area contributed by atoms with Gasteiger partial charge in [0.25, 0.3) is 0 Å². The Morgan fingerprint density at radius 2 is 1.15 bits per heavy atom. The molecule has 0 spiro atoms. The second-order valence-electron chi connectivity index (χ2n) is 8.24. The van der Waals surface area contributed by atoms with Crippen molar-refractivity contribution in [3.63, 3.8) is 0 Å². The molecule has 1 heterocycles. The van der Waals surface area contributed by atoms with E-state index in [1.54, 1.807) is 0 Å². The molecule has 2 N–H and O–H groups in total. The highest BCUT2D eigenvalue weighted by Crippen LogP contribution is 2.44. The first-order chi connectivity index (χ1) is 16.1. The smallest absolute Gasteiger partial charge is 0.134 e. The van der Waals surface area contributed by atoms with Crippen molar-refractivity contribution in [2.24, 2.45) is 10.7 Å². The standard InChI is InChI=1S/C17H16N2.C14H14/c1-13-12-16(18)19-17(13,14-8-4-2-5-9-14)15-10-6-3-7-11-15;1-2-12-8-10-14(11-9-12)13-6-4-3-5-7-13/h2-11H,1,12H2,(H2,18,19);3-11H,2H2,1H3. The summed E-state index contributed by atoms with van der Waals surface area (Å²) in [6.07, 6.45) is 1.76. The van der Waals surface area contributed by atoms with E-state index < -0.39 is 5.54 Å². The molecule has 0 aliphatic carbocycles. The maximum atomic E-state index is 5.96. The number of benzene rings is 4. The summed E-state index contributed by atoms with van der Waals surface area (Å²) in [5, 5.41) is 0. The zero-order valence-electron chi connectivity index (χ0n) is 19.1. The van der Waals surface area contributed by atoms with Crippen LogP contribution in [0.25, 0.3) is 11.1 Å². The highest BCUT2D eigenvalue weighted by molar-refractivity contribution is 5.88. The Labute approximate surface area is 197 Å². The van der Waals surface area contributed by atoms with Gasteiger partial charge in [0.1, 0.15) is 5.54 Å². The zero-order chi connectivity index (χ0) is 23.1. The Hall–Kier alpha value is -3.91. The average molecular weight is 431 g/mol. The maximum absolute atomic E-state index is 5.96. The first kappa shape index (κ1) is 22.3. The molecule has 0 atom stereocenters. The van der Waals surface area contributed by atoms with Gasteiger partial charge in [0.2, 0.25) is 0 Å². The molecule has 0 saturated carbocycles. The van der Waals surface area contributed by atoms with Crippen LogP contribution < -0.4 is 5.73 Å². The molecular formula is C31H30N2. The van der Waals surface area contributed by atoms with Crippen molar-refractivity contribution < 1.29 is 0 Å². The van der Waals surface area contributed by atoms with Gasteiger partial charge in [-0.2, -0.15) is 0 Å². The summed E-state index contributed by atoms with van der Waals surface area (Å²) in [5.41, 5.74) is 12.7. The molecule has 0 aromatic heterocycles. The molecule has 0 radical (unpaired) electrons. The van der Waals surface area contributed by atoms with E-state index in [1.807, 2.05) is 42.5 Å². The number of hydrogen-bond acceptors (Lipinski definition) is 2. The molecule has 0 unspecified atom stereocenters. The van der Waals surface area contributed by atoms with E-state index in [1.165, 1.54) is 16.7 Å². The summed E-state index contributed by atoms with van der Waals surface area (Å²) >= 11 is 0. The topological polar surface area (TPSA) is 38.4 Å². The van der Waals surface area contributed by atoms with Crippen LogP contribution in [0.1, 0.15) is 30.0 Å². The van der Waals surface area contributed by atoms with E-state index in [9.17, 15) is 0 Å². The Balaban J connectivity index is 0.000000165. The highest BCUT2D eigenvalue weighted by atomic mass is 15.0. The molecule has 2 nitrogen and oxygen atoms in total. The molecule has 0 bridgehead atoms. The van der Waals surface area contributed by atoms with E-state index in [0.29, 0.717) is 12.3 Å². The van der Waals surface area contributed by atoms with Crippen molar-refractivity contribution in [1.29, 1.82) is 0 Å². The fourth-order valence-electron chi connectivity index (χ4n) is 4.31. The largest absolute Gasteiger partial charge is 0.387 e. The highest BCUT2D eigenvalue weighted by Gasteiger charge is 2.40. The lowest BCUT2D eigenvalue weighted by Crippen LogP contribution is -2.24. The molecule has 2 heteroatoms. The molecule has 0 saturated heterocycles. The van der Waals surface area contributed by atoms with Crippen LogP contribution in [0.15, 0.2) is 132 Å². The van der Waals surface area contributed by atoms with Gasteiger partial charge in [-0.3, -0.25) is 4.99 Å². The van der Waals surface area contributed by atoms with Crippen LogP contribution in [0.4, 0.5) is 0 Å². The van der Waals surface area contributed by atoms with Crippen LogP contribution in [-0.4, -0.2) is 5.84 Å². The van der Waals surface area contributed by atoms with Gasteiger partial charge in [-0.15, -0.1) is 0 Å². The molecule has 5 rings (SSSR count). The van der Waals surface area contributed by atoms with Crippen molar-refractivity contribution in [2.75, 3.05) is 0 Å². The van der Waals surface area contributed by atoms with Crippen molar-refractivity contribution in [2.45, 2.75) is 25.3 Å². The van der Waals surface area contributed by atoms with Crippen molar-refractivity contribution >= 4 is 5.84 Å². The summed E-state index contributed by atoms with van der Waals surface area (Å²) in [4.78, 5) is 4.74. The number of nitrogens with zero attached hydrogens (tertiary/aromatic N) is 1. The third kappa shape index (κ3) is 4.80. The van der Waals surface area contributed by atoms with Crippen LogP contribution in [-0.2, 0) is 12.0 Å². The van der Waals surface area contributed by atoms with Crippen LogP contribution in [0.5, 0.6) is 0 Å². The summed E-state index contributed by atoms with van der Waals surface area (Å²) in [6, 6.07) is 39.7. The molecule has 0 fully saturated rings. The minimum Gasteiger partial charge on any atom is -0.387 e. The van der Waals surface area contributed by atoms with Gasteiger partial charge in [-0.25, -0.2) is 0 Å². The van der Waals surface area contributed by atoms with Gasteiger partial charge in [-0.1, -0.05) is 129 Å². The summed E-state index contributed by atoms with van der Waals surface area (Å²) in [6.45, 7) is 6.39. The van der Waals surface area contributed by atoms with E-state index in [4.69, 9.17) is 10.7 Å². The Morgan fingerprint density at radius 3 is 1.58 bits per heavy atom. The van der Waals surface area contributed by atoms with Gasteiger partial charge in [0.15, 0.2) is 0 Å². The number of amidine groups is 1. The number of nitrogens with two attached hydrogens (primary N) is 1. The van der Waals surface area contributed by atoms with Crippen LogP contribution >= 0.6 is 0 Å². The fourth-order valence-corrected chi connectivity index (χ4v) is 4.31. The first-order valence-corrected chi connectivity index (χ1v) is 11.4. The summed E-state index contributed by atoms with van der Waals surface area (Å²) < 4.78 is 0. The molecule has 1 aliphatic heterocycles. The monoisotopic (exact) mass is 430 g/mol. The van der Waals surface area contributed by atoms with Crippen molar-refractivity contribution in [3.05, 3.63) is 144 Å². The van der Waals surface area contributed by atoms with E-state index in [2.05, 4.69) is 86.3 Å². The molecule has 4 aromatic rings. The average Bonchev–Trinajstić information content (AvgIpc) is 3.20. The van der Waals surface area contributed by atoms with Gasteiger partial charge < -0.3 is 5.73 Å². The second kappa shape index (κ2) is 10.1. The number of aryl methyl sites for hydroxylation is 1. The van der Waals surface area contributed by atoms with E-state index >= 15 is 0 Å². The zero-order valence-corrected chi connectivity index (χ0v) is 19.1. The Bertz CT molecular complexity index is 1170. The van der Waals surface area contributed by atoms with Crippen LogP contribution in [0.3, 0.4) is 0 Å². The van der Waals surface area contributed by atoms with Gasteiger partial charge in [-0.05, 0) is 39.8 Å². The van der Waals surface area contributed by atoms with Gasteiger partial charge in [0, 0.05) is 6.42 Å². The minimum absolute atomic E-state index is 0.521. The molecular weight excluding hydrogens is 400 g/mol. The number of hydrogen-bond donors (Lipinski definition) is 1. The third-order valence-corrected chi connectivity index (χ3v) is 6.07. The molecule has 0 amide bonds. The Kier molecular flexibility index (Phi) is 6.85. The van der Waals surface area contributed by atoms with Gasteiger partial charge in [0.05, 0.1) is 5.84 Å². The lowest BCUT2D eigenvalue weighted by Gasteiger charge is -2.29. The lowest BCUT2D eigenvalue weighted by molar-refractivity contribution is 0.662. The van der Waals surface area contributed by atoms with Gasteiger partial charge >= 0.3 is 0 Å². The van der Waals surface area contributed by atoms with Crippen molar-refractivity contribution in [3.8, 4) is 11.1 Å². The predicted molar refractivity (Wildman–Crippen MR) is 140 cm³/mol. The third-order valence-electron chi connectivity index (χ3n) is 6.07. The quantitative estimate of drug-likeness (QED) is 0.343. The van der Waals surface area contributed by atoms with Crippen LogP contribution in [0, 0.1) is 0 Å². The molecule has 1 aliphatic rings. The summed E-state index contributed by atoms with van der Waals surface area (Å²) in [5.74, 6) is 0.651. The van der Waals surface area contributed by atoms with Crippen molar-refractivity contribution in [1.82, 2.24) is 0 Å². The Morgan fingerprint density at radius 1 is 0.697 bits per heavy atom. The number of aliphatic imine (C=N–C) groups is 1. The predicted octanol–water partition coefficient (Wildman–Crippen LogP) is 7.16. The maximum Gasteiger partial charge on any atom is 0.134 e. The first-order valence-electron chi connectivity index (χ1n) is 11.4. The molecule has 33 heavy (non-hydrogen) atoms. The van der Waals surface area contributed by atoms with Crippen LogP contribution in [0.2, 0.25) is 0 Å². The lowest BCUT2D eigenvalue weighted by atomic mass is 9.78.